The number of carbonyl (C=O) groups excluding carboxylic acids is 1. The van der Waals surface area contributed by atoms with E-state index in [1.54, 1.807) is 13.0 Å². The summed E-state index contributed by atoms with van der Waals surface area (Å²) in [7, 11) is 0. The van der Waals surface area contributed by atoms with Crippen LogP contribution in [0.3, 0.4) is 0 Å². The molecule has 2 aliphatic heterocycles. The van der Waals surface area contributed by atoms with Crippen LogP contribution in [0.2, 0.25) is 0 Å². The van der Waals surface area contributed by atoms with Crippen LogP contribution in [0.1, 0.15) is 22.7 Å². The molecule has 1 amide bonds. The maximum atomic E-state index is 15.2. The zero-order valence-electron chi connectivity index (χ0n) is 19.4. The van der Waals surface area contributed by atoms with Gasteiger partial charge in [-0.2, -0.15) is 0 Å². The molecular weight excluding hydrogens is 465 g/mol. The molecule has 0 radical (unpaired) electrons. The number of phenols is 1. The third kappa shape index (κ3) is 3.57. The van der Waals surface area contributed by atoms with E-state index in [0.717, 1.165) is 29.5 Å². The second-order valence-electron chi connectivity index (χ2n) is 8.95. The van der Waals surface area contributed by atoms with E-state index in [1.165, 1.54) is 18.5 Å². The summed E-state index contributed by atoms with van der Waals surface area (Å²) in [5, 5.41) is 11.3. The summed E-state index contributed by atoms with van der Waals surface area (Å²) < 4.78 is 21.8. The van der Waals surface area contributed by atoms with Crippen molar-refractivity contribution < 1.29 is 19.0 Å². The van der Waals surface area contributed by atoms with E-state index < -0.39 is 17.6 Å². The highest BCUT2D eigenvalue weighted by Gasteiger charge is 2.35. The molecule has 1 atom stereocenters. The van der Waals surface area contributed by atoms with Crippen molar-refractivity contribution in [3.05, 3.63) is 81.8 Å². The third-order valence-corrected chi connectivity index (χ3v) is 6.66. The first-order valence-corrected chi connectivity index (χ1v) is 11.6. The third-order valence-electron chi connectivity index (χ3n) is 6.66. The Morgan fingerprint density at radius 3 is 2.69 bits per heavy atom. The van der Waals surface area contributed by atoms with E-state index in [4.69, 9.17) is 4.74 Å². The normalized spacial score (nSPS) is 17.3. The summed E-state index contributed by atoms with van der Waals surface area (Å²) in [6.45, 7) is 4.59. The lowest BCUT2D eigenvalue weighted by Gasteiger charge is -2.29. The lowest BCUT2D eigenvalue weighted by Crippen LogP contribution is -2.36. The van der Waals surface area contributed by atoms with Gasteiger partial charge in [-0.05, 0) is 42.8 Å². The van der Waals surface area contributed by atoms with Gasteiger partial charge in [0.15, 0.2) is 0 Å². The SMILES string of the molecule is Cc1cc2n(c(=O)c1)NC(=O)C2c1cc(-c2ncnc3cc(N4CCOCC4)ccc23)c(F)cc1O. The maximum absolute atomic E-state index is 15.2. The predicted molar refractivity (Wildman–Crippen MR) is 131 cm³/mol. The second-order valence-corrected chi connectivity index (χ2v) is 8.95. The minimum Gasteiger partial charge on any atom is -0.508 e. The molecule has 1 unspecified atom stereocenters. The minimum absolute atomic E-state index is 0.121. The van der Waals surface area contributed by atoms with Crippen molar-refractivity contribution in [3.63, 3.8) is 0 Å². The summed E-state index contributed by atoms with van der Waals surface area (Å²) in [5.41, 5.74) is 5.46. The summed E-state index contributed by atoms with van der Waals surface area (Å²) in [5.74, 6) is -2.55. The number of aromatic hydroxyl groups is 1. The van der Waals surface area contributed by atoms with Gasteiger partial charge in [-0.15, -0.1) is 0 Å². The lowest BCUT2D eigenvalue weighted by atomic mass is 9.91. The fraction of sp³-hybridized carbons (Fsp3) is 0.231. The molecule has 36 heavy (non-hydrogen) atoms. The number of hydrogen-bond acceptors (Lipinski definition) is 7. The van der Waals surface area contributed by atoms with Crippen molar-refractivity contribution in [1.82, 2.24) is 14.6 Å². The van der Waals surface area contributed by atoms with Crippen molar-refractivity contribution in [2.45, 2.75) is 12.8 Å². The average molecular weight is 487 g/mol. The number of carbonyl (C=O) groups is 1. The van der Waals surface area contributed by atoms with E-state index in [1.807, 2.05) is 18.2 Å². The minimum atomic E-state index is -0.988. The van der Waals surface area contributed by atoms with Crippen LogP contribution in [-0.2, 0) is 9.53 Å². The highest BCUT2D eigenvalue weighted by molar-refractivity contribution is 5.98. The number of halogens is 1. The Bertz CT molecular complexity index is 1600. The maximum Gasteiger partial charge on any atom is 0.269 e. The Hall–Kier alpha value is -4.31. The molecule has 0 saturated carbocycles. The summed E-state index contributed by atoms with van der Waals surface area (Å²) in [6, 6.07) is 11.2. The van der Waals surface area contributed by atoms with Crippen molar-refractivity contribution in [1.29, 1.82) is 0 Å². The number of hydrogen-bond donors (Lipinski definition) is 2. The van der Waals surface area contributed by atoms with Crippen molar-refractivity contribution in [2.75, 3.05) is 36.6 Å². The van der Waals surface area contributed by atoms with Gasteiger partial charge in [-0.1, -0.05) is 0 Å². The molecule has 2 N–H and O–H groups in total. The number of rotatable bonds is 3. The zero-order chi connectivity index (χ0) is 25.0. The summed E-state index contributed by atoms with van der Waals surface area (Å²) in [6.07, 6.45) is 1.37. The monoisotopic (exact) mass is 487 g/mol. The number of anilines is 1. The highest BCUT2D eigenvalue weighted by atomic mass is 19.1. The highest BCUT2D eigenvalue weighted by Crippen LogP contribution is 2.39. The average Bonchev–Trinajstić information content (AvgIpc) is 3.20. The van der Waals surface area contributed by atoms with Crippen LogP contribution in [-0.4, -0.2) is 52.0 Å². The Kier molecular flexibility index (Phi) is 5.18. The first-order valence-electron chi connectivity index (χ1n) is 11.6. The molecule has 0 bridgehead atoms. The number of aryl methyl sites for hydroxylation is 1. The van der Waals surface area contributed by atoms with Gasteiger partial charge < -0.3 is 14.7 Å². The molecule has 2 aromatic heterocycles. The van der Waals surface area contributed by atoms with Gasteiger partial charge in [-0.3, -0.25) is 15.0 Å². The fourth-order valence-corrected chi connectivity index (χ4v) is 4.94. The van der Waals surface area contributed by atoms with Gasteiger partial charge in [-0.25, -0.2) is 19.0 Å². The summed E-state index contributed by atoms with van der Waals surface area (Å²) in [4.78, 5) is 36.2. The molecular formula is C26H22FN5O4. The quantitative estimate of drug-likeness (QED) is 0.457. The van der Waals surface area contributed by atoms with Crippen LogP contribution in [0, 0.1) is 12.7 Å². The van der Waals surface area contributed by atoms with Crippen LogP contribution in [0.4, 0.5) is 10.1 Å². The van der Waals surface area contributed by atoms with Gasteiger partial charge in [0.05, 0.1) is 30.1 Å². The molecule has 0 spiro atoms. The lowest BCUT2D eigenvalue weighted by molar-refractivity contribution is -0.116. The number of nitrogens with zero attached hydrogens (tertiary/aromatic N) is 4. The topological polar surface area (TPSA) is 110 Å². The number of phenolic OH excluding ortho intramolecular Hbond substituents is 1. The Morgan fingerprint density at radius 1 is 1.08 bits per heavy atom. The van der Waals surface area contributed by atoms with Crippen LogP contribution in [0.15, 0.2) is 53.6 Å². The molecule has 6 rings (SSSR count). The number of benzene rings is 2. The molecule has 2 aliphatic rings. The standard InChI is InChI=1S/C26H22FN5O4/c1-14-8-21-24(26(35)30-32(21)23(34)9-14)18-11-17(19(27)12-22(18)33)25-16-3-2-15(10-20(16)28-13-29-25)31-4-6-36-7-5-31/h2-3,8-13,24,33H,4-7H2,1H3,(H,30,35). The van der Waals surface area contributed by atoms with Crippen LogP contribution >= 0.6 is 0 Å². The van der Waals surface area contributed by atoms with Gasteiger partial charge >= 0.3 is 0 Å². The molecule has 182 valence electrons. The van der Waals surface area contributed by atoms with Crippen LogP contribution in [0.5, 0.6) is 5.75 Å². The van der Waals surface area contributed by atoms with Crippen molar-refractivity contribution >= 4 is 22.5 Å². The number of fused-ring (bicyclic) bond motifs is 2. The van der Waals surface area contributed by atoms with E-state index in [2.05, 4.69) is 20.3 Å². The molecule has 4 heterocycles. The second kappa shape index (κ2) is 8.42. The van der Waals surface area contributed by atoms with Crippen LogP contribution < -0.4 is 15.9 Å². The largest absolute Gasteiger partial charge is 0.508 e. The number of amides is 1. The Balaban J connectivity index is 1.48. The van der Waals surface area contributed by atoms with Gasteiger partial charge in [0, 0.05) is 47.4 Å². The van der Waals surface area contributed by atoms with E-state index >= 15 is 4.39 Å². The number of ether oxygens (including phenoxy) is 1. The number of nitrogens with one attached hydrogen (secondary N) is 1. The Labute approximate surface area is 204 Å². The van der Waals surface area contributed by atoms with Crippen LogP contribution in [0.25, 0.3) is 22.2 Å². The molecule has 10 heteroatoms. The van der Waals surface area contributed by atoms with E-state index in [-0.39, 0.29) is 22.4 Å². The van der Waals surface area contributed by atoms with Gasteiger partial charge in [0.25, 0.3) is 11.5 Å². The number of aromatic nitrogens is 3. The predicted octanol–water partition coefficient (Wildman–Crippen LogP) is 2.66. The van der Waals surface area contributed by atoms with Gasteiger partial charge in [0.1, 0.15) is 23.8 Å². The Morgan fingerprint density at radius 2 is 1.89 bits per heavy atom. The smallest absolute Gasteiger partial charge is 0.269 e. The van der Waals surface area contributed by atoms with Crippen molar-refractivity contribution in [2.24, 2.45) is 0 Å². The number of morpholine rings is 1. The van der Waals surface area contributed by atoms with E-state index in [0.29, 0.717) is 41.1 Å². The molecule has 1 fully saturated rings. The summed E-state index contributed by atoms with van der Waals surface area (Å²) >= 11 is 0. The molecule has 9 nitrogen and oxygen atoms in total. The van der Waals surface area contributed by atoms with Gasteiger partial charge in [0.2, 0.25) is 0 Å². The first kappa shape index (κ1) is 22.2. The van der Waals surface area contributed by atoms with Crippen molar-refractivity contribution in [3.8, 4) is 17.0 Å². The number of pyridine rings is 1. The zero-order valence-corrected chi connectivity index (χ0v) is 19.4. The molecule has 4 aromatic rings. The molecule has 1 saturated heterocycles. The molecule has 2 aromatic carbocycles. The molecule has 0 aliphatic carbocycles. The van der Waals surface area contributed by atoms with E-state index in [9.17, 15) is 14.7 Å². The fourth-order valence-electron chi connectivity index (χ4n) is 4.94. The first-order chi connectivity index (χ1) is 17.4.